The van der Waals surface area contributed by atoms with Crippen LogP contribution in [0.1, 0.15) is 35.8 Å². The summed E-state index contributed by atoms with van der Waals surface area (Å²) in [6.07, 6.45) is 2.65. The fourth-order valence-corrected chi connectivity index (χ4v) is 6.55. The van der Waals surface area contributed by atoms with Gasteiger partial charge in [0.2, 0.25) is 0 Å². The van der Waals surface area contributed by atoms with E-state index < -0.39 is 10.8 Å². The molecule has 3 aliphatic rings. The molecule has 146 valence electrons. The minimum Gasteiger partial charge on any atom is -0.469 e. The molecule has 5 unspecified atom stereocenters. The van der Waals surface area contributed by atoms with Gasteiger partial charge in [-0.25, -0.2) is 0 Å². The lowest BCUT2D eigenvalue weighted by molar-refractivity contribution is -0.148. The first-order chi connectivity index (χ1) is 13.6. The van der Waals surface area contributed by atoms with Crippen LogP contribution < -0.4 is 0 Å². The van der Waals surface area contributed by atoms with Crippen molar-refractivity contribution in [3.05, 3.63) is 71.8 Å². The summed E-state index contributed by atoms with van der Waals surface area (Å²) >= 11 is 0. The minimum atomic E-state index is -0.551. The van der Waals surface area contributed by atoms with Crippen molar-refractivity contribution in [3.8, 4) is 0 Å². The molecule has 1 spiro atoms. The van der Waals surface area contributed by atoms with Crippen molar-refractivity contribution in [1.82, 2.24) is 0 Å². The lowest BCUT2D eigenvalue weighted by Gasteiger charge is -2.16. The molecule has 4 nitrogen and oxygen atoms in total. The van der Waals surface area contributed by atoms with Crippen LogP contribution in [0.4, 0.5) is 0 Å². The Bertz CT molecular complexity index is 880. The van der Waals surface area contributed by atoms with E-state index in [-0.39, 0.29) is 23.2 Å². The summed E-state index contributed by atoms with van der Waals surface area (Å²) in [5.41, 5.74) is 1.03. The van der Waals surface area contributed by atoms with Crippen LogP contribution in [-0.2, 0) is 19.1 Å². The summed E-state index contributed by atoms with van der Waals surface area (Å²) in [5.74, 6) is 0.0260. The molecule has 3 aliphatic carbocycles. The first-order valence-electron chi connectivity index (χ1n) is 9.67. The number of benzene rings is 2. The number of ether oxygens (including phenoxy) is 2. The Balaban J connectivity index is 0.000000604. The second kappa shape index (κ2) is 6.56. The van der Waals surface area contributed by atoms with Crippen LogP contribution in [0.2, 0.25) is 0 Å². The molecule has 28 heavy (non-hydrogen) atoms. The molecule has 0 bridgehead atoms. The van der Waals surface area contributed by atoms with Gasteiger partial charge in [-0.2, -0.15) is 0 Å². The number of methoxy groups -OCH3 is 2. The van der Waals surface area contributed by atoms with Crippen LogP contribution >= 0.6 is 0 Å². The van der Waals surface area contributed by atoms with Gasteiger partial charge >= 0.3 is 5.97 Å². The summed E-state index contributed by atoms with van der Waals surface area (Å²) in [7, 11) is 4.71. The second-order valence-electron chi connectivity index (χ2n) is 8.09. The maximum atomic E-state index is 12.9. The van der Waals surface area contributed by atoms with Gasteiger partial charge in [-0.1, -0.05) is 60.7 Å². The van der Waals surface area contributed by atoms with E-state index >= 15 is 0 Å². The lowest BCUT2D eigenvalue weighted by Crippen LogP contribution is -2.21. The van der Waals surface area contributed by atoms with E-state index in [0.29, 0.717) is 0 Å². The SMILES string of the molecule is COC.COC(=O)C12CCC3(C=O)C(c4ccccc4)C31C2c1ccccc1. The molecule has 5 rings (SSSR count). The molecule has 0 heterocycles. The molecule has 3 fully saturated rings. The van der Waals surface area contributed by atoms with Crippen LogP contribution in [0.3, 0.4) is 0 Å². The number of hydrogen-bond donors (Lipinski definition) is 0. The zero-order valence-electron chi connectivity index (χ0n) is 16.6. The summed E-state index contributed by atoms with van der Waals surface area (Å²) < 4.78 is 9.49. The van der Waals surface area contributed by atoms with Gasteiger partial charge in [-0.05, 0) is 24.0 Å². The Morgan fingerprint density at radius 1 is 0.893 bits per heavy atom. The standard InChI is InChI=1S/C22H20O3.C2H6O/c1-25-19(24)21-13-12-20(14-23)17(15-8-4-2-5-9-15)22(20,21)18(21)16-10-6-3-7-11-16;1-3-2/h2-11,14,17-18H,12-13H2,1H3;1-2H3. The maximum absolute atomic E-state index is 12.9. The topological polar surface area (TPSA) is 52.6 Å². The molecule has 0 amide bonds. The Morgan fingerprint density at radius 2 is 1.39 bits per heavy atom. The van der Waals surface area contributed by atoms with E-state index in [0.717, 1.165) is 24.7 Å². The number of rotatable bonds is 4. The largest absolute Gasteiger partial charge is 0.469 e. The van der Waals surface area contributed by atoms with Crippen molar-refractivity contribution in [1.29, 1.82) is 0 Å². The van der Waals surface area contributed by atoms with Crippen molar-refractivity contribution in [3.63, 3.8) is 0 Å². The predicted octanol–water partition coefficient (Wildman–Crippen LogP) is 3.97. The molecule has 0 radical (unpaired) electrons. The monoisotopic (exact) mass is 378 g/mol. The first-order valence-corrected chi connectivity index (χ1v) is 9.67. The van der Waals surface area contributed by atoms with Gasteiger partial charge in [-0.3, -0.25) is 4.79 Å². The summed E-state index contributed by atoms with van der Waals surface area (Å²) in [4.78, 5) is 25.2. The van der Waals surface area contributed by atoms with E-state index in [9.17, 15) is 9.59 Å². The highest BCUT2D eigenvalue weighted by atomic mass is 16.5. The third kappa shape index (κ3) is 1.99. The molecule has 2 aromatic carbocycles. The molecule has 4 heteroatoms. The fourth-order valence-electron chi connectivity index (χ4n) is 6.55. The summed E-state index contributed by atoms with van der Waals surface area (Å²) in [5, 5.41) is 0. The molecular formula is C24H26O4. The second-order valence-corrected chi connectivity index (χ2v) is 8.09. The molecule has 2 aromatic rings. The van der Waals surface area contributed by atoms with Gasteiger partial charge < -0.3 is 14.3 Å². The molecule has 0 N–H and O–H groups in total. The summed E-state index contributed by atoms with van der Waals surface area (Å²) in [6, 6.07) is 20.4. The van der Waals surface area contributed by atoms with Crippen LogP contribution in [0.25, 0.3) is 0 Å². The van der Waals surface area contributed by atoms with Gasteiger partial charge in [-0.15, -0.1) is 0 Å². The van der Waals surface area contributed by atoms with Gasteiger partial charge in [0.15, 0.2) is 0 Å². The number of carbonyl (C=O) groups is 2. The van der Waals surface area contributed by atoms with E-state index in [4.69, 9.17) is 4.74 Å². The third-order valence-electron chi connectivity index (χ3n) is 7.22. The van der Waals surface area contributed by atoms with Crippen molar-refractivity contribution < 1.29 is 19.1 Å². The van der Waals surface area contributed by atoms with Gasteiger partial charge in [0.25, 0.3) is 0 Å². The Morgan fingerprint density at radius 3 is 1.86 bits per heavy atom. The highest BCUT2D eigenvalue weighted by molar-refractivity contribution is 5.95. The molecule has 3 saturated carbocycles. The summed E-state index contributed by atoms with van der Waals surface area (Å²) in [6.45, 7) is 0. The molecule has 0 saturated heterocycles. The highest BCUT2D eigenvalue weighted by Crippen LogP contribution is 3.04. The maximum Gasteiger partial charge on any atom is 0.313 e. The minimum absolute atomic E-state index is 0.0674. The quantitative estimate of drug-likeness (QED) is 0.597. The Hall–Kier alpha value is -2.46. The smallest absolute Gasteiger partial charge is 0.313 e. The Kier molecular flexibility index (Phi) is 4.42. The van der Waals surface area contributed by atoms with E-state index in [1.807, 2.05) is 36.4 Å². The highest BCUT2D eigenvalue weighted by Gasteiger charge is 3.03. The van der Waals surface area contributed by atoms with Gasteiger partial charge in [0.05, 0.1) is 12.5 Å². The van der Waals surface area contributed by atoms with E-state index in [1.54, 1.807) is 14.2 Å². The molecule has 5 atom stereocenters. The number of carbonyl (C=O) groups excluding carboxylic acids is 2. The average Bonchev–Trinajstić information content (AvgIpc) is 3.54. The zero-order valence-corrected chi connectivity index (χ0v) is 16.6. The van der Waals surface area contributed by atoms with Crippen molar-refractivity contribution in [2.45, 2.75) is 24.7 Å². The van der Waals surface area contributed by atoms with Crippen LogP contribution in [0, 0.1) is 16.2 Å². The van der Waals surface area contributed by atoms with Crippen molar-refractivity contribution >= 4 is 12.3 Å². The van der Waals surface area contributed by atoms with Crippen molar-refractivity contribution in [2.75, 3.05) is 21.3 Å². The average molecular weight is 378 g/mol. The van der Waals surface area contributed by atoms with Crippen LogP contribution in [0.5, 0.6) is 0 Å². The van der Waals surface area contributed by atoms with E-state index in [1.165, 1.54) is 12.7 Å². The number of aldehydes is 1. The number of esters is 1. The molecular weight excluding hydrogens is 352 g/mol. The number of hydrogen-bond acceptors (Lipinski definition) is 4. The third-order valence-corrected chi connectivity index (χ3v) is 7.22. The molecule has 0 aromatic heterocycles. The fraction of sp³-hybridized carbons (Fsp3) is 0.417. The van der Waals surface area contributed by atoms with E-state index in [2.05, 4.69) is 29.0 Å². The normalized spacial score (nSPS) is 36.2. The predicted molar refractivity (Wildman–Crippen MR) is 106 cm³/mol. The van der Waals surface area contributed by atoms with Crippen LogP contribution in [-0.4, -0.2) is 33.6 Å². The Labute approximate surface area is 165 Å². The van der Waals surface area contributed by atoms with Gasteiger partial charge in [0.1, 0.15) is 6.29 Å². The van der Waals surface area contributed by atoms with Crippen molar-refractivity contribution in [2.24, 2.45) is 16.2 Å². The first kappa shape index (κ1) is 18.9. The zero-order chi connectivity index (χ0) is 20.0. The van der Waals surface area contributed by atoms with Crippen LogP contribution in [0.15, 0.2) is 60.7 Å². The molecule has 0 aliphatic heterocycles. The van der Waals surface area contributed by atoms with Gasteiger partial charge in [0, 0.05) is 36.9 Å². The lowest BCUT2D eigenvalue weighted by atomic mass is 9.89.